The molecule has 4 nitrogen and oxygen atoms in total. The van der Waals surface area contributed by atoms with Crippen LogP contribution in [-0.4, -0.2) is 35.7 Å². The molecule has 17 heavy (non-hydrogen) atoms. The summed E-state index contributed by atoms with van der Waals surface area (Å²) in [5.74, 6) is 0.339. The number of nitrogens with one attached hydrogen (secondary N) is 2. The summed E-state index contributed by atoms with van der Waals surface area (Å²) in [5, 5.41) is 15.5. The van der Waals surface area contributed by atoms with Gasteiger partial charge < -0.3 is 15.7 Å². The number of carbonyl (C=O) groups is 1. The fourth-order valence-corrected chi connectivity index (χ4v) is 2.38. The third kappa shape index (κ3) is 5.50. The third-order valence-electron chi connectivity index (χ3n) is 3.18. The van der Waals surface area contributed by atoms with E-state index in [1.807, 2.05) is 20.8 Å². The maximum absolute atomic E-state index is 11.7. The molecule has 0 spiro atoms. The molecular formula is C13H26N2O2. The highest BCUT2D eigenvalue weighted by molar-refractivity contribution is 5.78. The van der Waals surface area contributed by atoms with Crippen LogP contribution < -0.4 is 10.6 Å². The first-order chi connectivity index (χ1) is 7.92. The quantitative estimate of drug-likeness (QED) is 0.690. The molecule has 0 bridgehead atoms. The van der Waals surface area contributed by atoms with E-state index in [4.69, 9.17) is 0 Å². The van der Waals surface area contributed by atoms with Crippen molar-refractivity contribution in [3.8, 4) is 0 Å². The third-order valence-corrected chi connectivity index (χ3v) is 3.18. The second-order valence-electron chi connectivity index (χ2n) is 6.01. The van der Waals surface area contributed by atoms with E-state index in [1.54, 1.807) is 0 Å². The lowest BCUT2D eigenvalue weighted by Crippen LogP contribution is -2.49. The van der Waals surface area contributed by atoms with Crippen molar-refractivity contribution in [1.29, 1.82) is 0 Å². The molecule has 100 valence electrons. The Kier molecular flexibility index (Phi) is 5.40. The van der Waals surface area contributed by atoms with Gasteiger partial charge in [0.2, 0.25) is 5.91 Å². The van der Waals surface area contributed by atoms with Gasteiger partial charge in [0.1, 0.15) is 0 Å². The van der Waals surface area contributed by atoms with Gasteiger partial charge in [-0.25, -0.2) is 0 Å². The number of hydrogen-bond donors (Lipinski definition) is 3. The second-order valence-corrected chi connectivity index (χ2v) is 6.01. The first-order valence-corrected chi connectivity index (χ1v) is 6.57. The highest BCUT2D eigenvalue weighted by Crippen LogP contribution is 2.23. The lowest BCUT2D eigenvalue weighted by molar-refractivity contribution is -0.121. The molecule has 2 atom stereocenters. The summed E-state index contributed by atoms with van der Waals surface area (Å²) < 4.78 is 0. The molecule has 1 saturated carbocycles. The Morgan fingerprint density at radius 1 is 1.29 bits per heavy atom. The van der Waals surface area contributed by atoms with Gasteiger partial charge in [-0.2, -0.15) is 0 Å². The van der Waals surface area contributed by atoms with Crippen molar-refractivity contribution in [2.45, 2.75) is 58.0 Å². The van der Waals surface area contributed by atoms with Gasteiger partial charge in [-0.15, -0.1) is 0 Å². The van der Waals surface area contributed by atoms with E-state index in [2.05, 4.69) is 10.6 Å². The van der Waals surface area contributed by atoms with Crippen LogP contribution in [0.3, 0.4) is 0 Å². The molecule has 0 radical (unpaired) electrons. The molecular weight excluding hydrogens is 216 g/mol. The molecule has 0 saturated heterocycles. The fourth-order valence-electron chi connectivity index (χ4n) is 2.38. The van der Waals surface area contributed by atoms with Crippen molar-refractivity contribution in [2.24, 2.45) is 5.92 Å². The Hall–Kier alpha value is -0.610. The highest BCUT2D eigenvalue weighted by Gasteiger charge is 2.24. The van der Waals surface area contributed by atoms with Crippen molar-refractivity contribution >= 4 is 5.91 Å². The van der Waals surface area contributed by atoms with Crippen LogP contribution in [-0.2, 0) is 4.79 Å². The standard InChI is InChI=1S/C13H26N2O2/c1-13(2,3)15-12(17)8-14-11-7-5-4-6-10(11)9-16/h10-11,14,16H,4-9H2,1-3H3,(H,15,17). The topological polar surface area (TPSA) is 61.4 Å². The number of aliphatic hydroxyl groups is 1. The van der Waals surface area contributed by atoms with E-state index in [0.29, 0.717) is 18.5 Å². The molecule has 3 N–H and O–H groups in total. The van der Waals surface area contributed by atoms with Crippen molar-refractivity contribution < 1.29 is 9.90 Å². The zero-order valence-corrected chi connectivity index (χ0v) is 11.3. The van der Waals surface area contributed by atoms with Crippen molar-refractivity contribution in [1.82, 2.24) is 10.6 Å². The molecule has 1 aliphatic rings. The molecule has 1 amide bonds. The normalized spacial score (nSPS) is 25.6. The van der Waals surface area contributed by atoms with Gasteiger partial charge in [0.05, 0.1) is 6.54 Å². The molecule has 0 aromatic heterocycles. The van der Waals surface area contributed by atoms with Crippen LogP contribution >= 0.6 is 0 Å². The van der Waals surface area contributed by atoms with Crippen LogP contribution in [0.2, 0.25) is 0 Å². The average molecular weight is 242 g/mol. The van der Waals surface area contributed by atoms with Gasteiger partial charge >= 0.3 is 0 Å². The molecule has 1 fully saturated rings. The zero-order valence-electron chi connectivity index (χ0n) is 11.3. The van der Waals surface area contributed by atoms with Crippen molar-refractivity contribution in [3.63, 3.8) is 0 Å². The Balaban J connectivity index is 2.31. The van der Waals surface area contributed by atoms with E-state index in [9.17, 15) is 9.90 Å². The number of amides is 1. The molecule has 0 aliphatic heterocycles. The minimum absolute atomic E-state index is 0.0276. The summed E-state index contributed by atoms with van der Waals surface area (Å²) in [5.41, 5.74) is -0.179. The summed E-state index contributed by atoms with van der Waals surface area (Å²) in [7, 11) is 0. The summed E-state index contributed by atoms with van der Waals surface area (Å²) in [6.07, 6.45) is 4.51. The first-order valence-electron chi connectivity index (χ1n) is 6.57. The molecule has 1 aliphatic carbocycles. The van der Waals surface area contributed by atoms with Crippen molar-refractivity contribution in [3.05, 3.63) is 0 Å². The lowest BCUT2D eigenvalue weighted by Gasteiger charge is -2.31. The summed E-state index contributed by atoms with van der Waals surface area (Å²) in [4.78, 5) is 11.7. The smallest absolute Gasteiger partial charge is 0.234 e. The molecule has 4 heteroatoms. The molecule has 0 aromatic rings. The second kappa shape index (κ2) is 6.36. The molecule has 0 aromatic carbocycles. The Morgan fingerprint density at radius 3 is 2.53 bits per heavy atom. The Labute approximate surface area is 104 Å². The first kappa shape index (κ1) is 14.5. The maximum Gasteiger partial charge on any atom is 0.234 e. The van der Waals surface area contributed by atoms with Gasteiger partial charge in [-0.1, -0.05) is 12.8 Å². The van der Waals surface area contributed by atoms with Crippen LogP contribution in [0, 0.1) is 5.92 Å². The van der Waals surface area contributed by atoms with E-state index in [0.717, 1.165) is 12.8 Å². The van der Waals surface area contributed by atoms with E-state index >= 15 is 0 Å². The summed E-state index contributed by atoms with van der Waals surface area (Å²) in [6, 6.07) is 0.291. The molecule has 1 rings (SSSR count). The summed E-state index contributed by atoms with van der Waals surface area (Å²) >= 11 is 0. The predicted octanol–water partition coefficient (Wildman–Crippen LogP) is 1.04. The van der Waals surface area contributed by atoms with Crippen LogP contribution in [0.5, 0.6) is 0 Å². The van der Waals surface area contributed by atoms with E-state index < -0.39 is 0 Å². The monoisotopic (exact) mass is 242 g/mol. The van der Waals surface area contributed by atoms with Gasteiger partial charge in [-0.3, -0.25) is 4.79 Å². The number of carbonyl (C=O) groups excluding carboxylic acids is 1. The fraction of sp³-hybridized carbons (Fsp3) is 0.923. The minimum Gasteiger partial charge on any atom is -0.396 e. The molecule has 0 heterocycles. The predicted molar refractivity (Wildman–Crippen MR) is 68.7 cm³/mol. The zero-order chi connectivity index (χ0) is 12.9. The minimum atomic E-state index is -0.179. The van der Waals surface area contributed by atoms with Crippen LogP contribution in [0.25, 0.3) is 0 Å². The Bertz CT molecular complexity index is 248. The highest BCUT2D eigenvalue weighted by atomic mass is 16.3. The summed E-state index contributed by atoms with van der Waals surface area (Å²) in [6.45, 7) is 6.49. The van der Waals surface area contributed by atoms with Crippen molar-refractivity contribution in [2.75, 3.05) is 13.2 Å². The van der Waals surface area contributed by atoms with Gasteiger partial charge in [0.15, 0.2) is 0 Å². The van der Waals surface area contributed by atoms with Crippen LogP contribution in [0.15, 0.2) is 0 Å². The Morgan fingerprint density at radius 2 is 1.94 bits per heavy atom. The largest absolute Gasteiger partial charge is 0.396 e. The average Bonchev–Trinajstić information content (AvgIpc) is 2.24. The number of aliphatic hydroxyl groups excluding tert-OH is 1. The van der Waals surface area contributed by atoms with E-state index in [-0.39, 0.29) is 18.1 Å². The number of hydrogen-bond acceptors (Lipinski definition) is 3. The van der Waals surface area contributed by atoms with Gasteiger partial charge in [-0.05, 0) is 39.5 Å². The van der Waals surface area contributed by atoms with Gasteiger partial charge in [0, 0.05) is 18.2 Å². The van der Waals surface area contributed by atoms with Crippen LogP contribution in [0.1, 0.15) is 46.5 Å². The van der Waals surface area contributed by atoms with E-state index in [1.165, 1.54) is 12.8 Å². The number of rotatable bonds is 4. The van der Waals surface area contributed by atoms with Gasteiger partial charge in [0.25, 0.3) is 0 Å². The SMILES string of the molecule is CC(C)(C)NC(=O)CNC1CCCCC1CO. The molecule has 2 unspecified atom stereocenters. The van der Waals surface area contributed by atoms with Crippen LogP contribution in [0.4, 0.5) is 0 Å². The maximum atomic E-state index is 11.7. The lowest BCUT2D eigenvalue weighted by atomic mass is 9.85.